The van der Waals surface area contributed by atoms with E-state index in [1.807, 2.05) is 43.4 Å². The number of amides is 2. The van der Waals surface area contributed by atoms with Crippen molar-refractivity contribution in [3.63, 3.8) is 0 Å². The van der Waals surface area contributed by atoms with E-state index in [2.05, 4.69) is 53.6 Å². The van der Waals surface area contributed by atoms with Crippen LogP contribution < -0.4 is 15.5 Å². The molecular formula is C30H39N5O2. The van der Waals surface area contributed by atoms with E-state index in [0.29, 0.717) is 30.3 Å². The van der Waals surface area contributed by atoms with E-state index in [1.54, 1.807) is 0 Å². The number of benzene rings is 2. The van der Waals surface area contributed by atoms with Gasteiger partial charge in [0.15, 0.2) is 0 Å². The predicted octanol–water partition coefficient (Wildman–Crippen LogP) is 5.11. The van der Waals surface area contributed by atoms with Crippen LogP contribution in [0.3, 0.4) is 0 Å². The molecule has 7 nitrogen and oxygen atoms in total. The quantitative estimate of drug-likeness (QED) is 0.417. The average Bonchev–Trinajstić information content (AvgIpc) is 3.77. The van der Waals surface area contributed by atoms with Crippen LogP contribution in [0.1, 0.15) is 66.9 Å². The van der Waals surface area contributed by atoms with Crippen LogP contribution in [0.25, 0.3) is 5.57 Å². The average molecular weight is 502 g/mol. The molecule has 2 aromatic rings. The molecule has 0 unspecified atom stereocenters. The first kappa shape index (κ1) is 26.5. The molecule has 2 fully saturated rings. The Balaban J connectivity index is 1.43. The van der Waals surface area contributed by atoms with Gasteiger partial charge in [-0.25, -0.2) is 0 Å². The summed E-state index contributed by atoms with van der Waals surface area (Å²) in [7, 11) is 3.84. The smallest absolute Gasteiger partial charge is 0.253 e. The van der Waals surface area contributed by atoms with Gasteiger partial charge in [-0.05, 0) is 74.8 Å². The maximum Gasteiger partial charge on any atom is 0.253 e. The van der Waals surface area contributed by atoms with Crippen molar-refractivity contribution in [2.45, 2.75) is 51.5 Å². The van der Waals surface area contributed by atoms with Gasteiger partial charge >= 0.3 is 0 Å². The highest BCUT2D eigenvalue weighted by atomic mass is 16.2. The molecular weight excluding hydrogens is 462 g/mol. The molecule has 0 aromatic heterocycles. The van der Waals surface area contributed by atoms with Crippen LogP contribution in [-0.2, 0) is 4.79 Å². The number of carbonyl (C=O) groups excluding carboxylic acids is 2. The molecule has 2 amide bonds. The highest BCUT2D eigenvalue weighted by Gasteiger charge is 2.31. The predicted molar refractivity (Wildman–Crippen MR) is 151 cm³/mol. The minimum Gasteiger partial charge on any atom is -0.393 e. The largest absolute Gasteiger partial charge is 0.393 e. The SMILES string of the molecule is CN/C=C(\C=N)c1ccc(C2CCN(C(=O)c3ccc(N(C)C(C)C)c(NC(=O)C4CC4)c3)CC2)cc1. The number of nitrogens with zero attached hydrogens (tertiary/aromatic N) is 2. The monoisotopic (exact) mass is 501 g/mol. The van der Waals surface area contributed by atoms with Crippen LogP contribution in [0.4, 0.5) is 11.4 Å². The van der Waals surface area contributed by atoms with Crippen molar-refractivity contribution in [2.75, 3.05) is 37.4 Å². The van der Waals surface area contributed by atoms with E-state index in [-0.39, 0.29) is 23.8 Å². The van der Waals surface area contributed by atoms with Gasteiger partial charge in [-0.2, -0.15) is 0 Å². The van der Waals surface area contributed by atoms with Crippen molar-refractivity contribution in [3.05, 3.63) is 65.4 Å². The first-order valence-corrected chi connectivity index (χ1v) is 13.3. The summed E-state index contributed by atoms with van der Waals surface area (Å²) in [6, 6.07) is 14.4. The summed E-state index contributed by atoms with van der Waals surface area (Å²) in [6.07, 6.45) is 6.87. The molecule has 0 radical (unpaired) electrons. The van der Waals surface area contributed by atoms with Gasteiger partial charge in [0.25, 0.3) is 5.91 Å². The number of hydrogen-bond donors (Lipinski definition) is 3. The van der Waals surface area contributed by atoms with Crippen LogP contribution in [0.5, 0.6) is 0 Å². The molecule has 1 heterocycles. The molecule has 1 aliphatic carbocycles. The Kier molecular flexibility index (Phi) is 8.31. The summed E-state index contributed by atoms with van der Waals surface area (Å²) in [5.41, 5.74) is 5.38. The molecule has 4 rings (SSSR count). The van der Waals surface area contributed by atoms with Gasteiger partial charge in [-0.1, -0.05) is 24.3 Å². The molecule has 2 aliphatic rings. The van der Waals surface area contributed by atoms with Crippen LogP contribution >= 0.6 is 0 Å². The minimum atomic E-state index is 0.0160. The molecule has 2 aromatic carbocycles. The molecule has 1 aliphatic heterocycles. The molecule has 37 heavy (non-hydrogen) atoms. The Morgan fingerprint density at radius 1 is 1.03 bits per heavy atom. The van der Waals surface area contributed by atoms with Crippen LogP contribution in [0.15, 0.2) is 48.7 Å². The van der Waals surface area contributed by atoms with Gasteiger partial charge in [-0.3, -0.25) is 9.59 Å². The first-order chi connectivity index (χ1) is 17.8. The lowest BCUT2D eigenvalue weighted by Gasteiger charge is -2.33. The first-order valence-electron chi connectivity index (χ1n) is 13.3. The lowest BCUT2D eigenvalue weighted by molar-refractivity contribution is -0.117. The maximum absolute atomic E-state index is 13.4. The lowest BCUT2D eigenvalue weighted by atomic mass is 9.88. The lowest BCUT2D eigenvalue weighted by Crippen LogP contribution is -2.38. The van der Waals surface area contributed by atoms with Crippen molar-refractivity contribution in [1.82, 2.24) is 10.2 Å². The topological polar surface area (TPSA) is 88.5 Å². The third-order valence-electron chi connectivity index (χ3n) is 7.56. The summed E-state index contributed by atoms with van der Waals surface area (Å²) < 4.78 is 0. The number of likely N-dealkylation sites (tertiary alicyclic amines) is 1. The van der Waals surface area contributed by atoms with Crippen molar-refractivity contribution in [1.29, 1.82) is 5.41 Å². The van der Waals surface area contributed by atoms with E-state index in [4.69, 9.17) is 5.41 Å². The van der Waals surface area contributed by atoms with Crippen LogP contribution in [0.2, 0.25) is 0 Å². The van der Waals surface area contributed by atoms with Crippen LogP contribution in [0, 0.1) is 11.3 Å². The third kappa shape index (κ3) is 6.21. The number of hydrogen-bond acceptors (Lipinski definition) is 5. The fourth-order valence-corrected chi connectivity index (χ4v) is 4.85. The van der Waals surface area contributed by atoms with Gasteiger partial charge < -0.3 is 25.8 Å². The molecule has 7 heteroatoms. The van der Waals surface area contributed by atoms with Crippen molar-refractivity contribution in [2.24, 2.45) is 5.92 Å². The molecule has 196 valence electrons. The number of nitrogens with one attached hydrogen (secondary N) is 3. The second-order valence-electron chi connectivity index (χ2n) is 10.4. The molecule has 1 saturated carbocycles. The fourth-order valence-electron chi connectivity index (χ4n) is 4.85. The molecule has 0 bridgehead atoms. The Morgan fingerprint density at radius 3 is 2.24 bits per heavy atom. The van der Waals surface area contributed by atoms with Gasteiger partial charge in [0, 0.05) is 62.7 Å². The number of piperidine rings is 1. The Hall–Kier alpha value is -3.61. The highest BCUT2D eigenvalue weighted by molar-refractivity contribution is 6.08. The van der Waals surface area contributed by atoms with E-state index in [0.717, 1.165) is 42.5 Å². The van der Waals surface area contributed by atoms with E-state index < -0.39 is 0 Å². The standard InChI is InChI=1S/C30H39N5O2/c1-20(2)34(4)28-12-11-25(17-27(28)33-29(36)24-9-10-24)30(37)35-15-13-23(14-16-35)21-5-7-22(8-6-21)26(18-31)19-32-3/h5-8,11-12,17-20,23-24,31-32H,9-10,13-16H2,1-4H3,(H,33,36)/b26-19+,31-18?. The Morgan fingerprint density at radius 2 is 1.68 bits per heavy atom. The Labute approximate surface area is 220 Å². The molecule has 1 saturated heterocycles. The van der Waals surface area contributed by atoms with E-state index in [9.17, 15) is 9.59 Å². The summed E-state index contributed by atoms with van der Waals surface area (Å²) in [5.74, 6) is 0.567. The number of anilines is 2. The maximum atomic E-state index is 13.4. The Bertz CT molecular complexity index is 1160. The second kappa shape index (κ2) is 11.6. The van der Waals surface area contributed by atoms with Gasteiger partial charge in [0.2, 0.25) is 5.91 Å². The van der Waals surface area contributed by atoms with Gasteiger partial charge in [0.05, 0.1) is 11.4 Å². The van der Waals surface area contributed by atoms with Crippen molar-refractivity contribution >= 4 is 35.0 Å². The number of allylic oxidation sites excluding steroid dienone is 1. The normalized spacial score (nSPS) is 16.5. The summed E-state index contributed by atoms with van der Waals surface area (Å²) in [6.45, 7) is 5.62. The zero-order valence-corrected chi connectivity index (χ0v) is 22.4. The second-order valence-corrected chi connectivity index (χ2v) is 10.4. The van der Waals surface area contributed by atoms with Gasteiger partial charge in [-0.15, -0.1) is 0 Å². The number of carbonyl (C=O) groups is 2. The van der Waals surface area contributed by atoms with Gasteiger partial charge in [0.1, 0.15) is 0 Å². The zero-order valence-electron chi connectivity index (χ0n) is 22.4. The third-order valence-corrected chi connectivity index (χ3v) is 7.56. The molecule has 3 N–H and O–H groups in total. The van der Waals surface area contributed by atoms with Crippen LogP contribution in [-0.4, -0.2) is 56.2 Å². The van der Waals surface area contributed by atoms with E-state index >= 15 is 0 Å². The summed E-state index contributed by atoms with van der Waals surface area (Å²) in [5, 5.41) is 13.7. The molecule has 0 atom stereocenters. The number of rotatable bonds is 9. The van der Waals surface area contributed by atoms with Crippen molar-refractivity contribution in [3.8, 4) is 0 Å². The summed E-state index contributed by atoms with van der Waals surface area (Å²) >= 11 is 0. The summed E-state index contributed by atoms with van der Waals surface area (Å²) in [4.78, 5) is 30.0. The minimum absolute atomic E-state index is 0.0160. The highest BCUT2D eigenvalue weighted by Crippen LogP contribution is 2.34. The molecule has 0 spiro atoms. The zero-order chi connectivity index (χ0) is 26.5. The van der Waals surface area contributed by atoms with E-state index in [1.165, 1.54) is 11.8 Å². The fraction of sp³-hybridized carbons (Fsp3) is 0.433. The van der Waals surface area contributed by atoms with Crippen molar-refractivity contribution < 1.29 is 9.59 Å².